The molecule has 5 heteroatoms. The minimum atomic E-state index is 0. The first-order valence-corrected chi connectivity index (χ1v) is 16.5. The second-order valence-corrected chi connectivity index (χ2v) is 14.4. The molecule has 1 radical (unpaired) electrons. The first-order valence-electron chi connectivity index (χ1n) is 15.7. The number of benzene rings is 3. The molecule has 0 fully saturated rings. The number of pyridine rings is 3. The molecule has 47 heavy (non-hydrogen) atoms. The number of hydrogen-bond acceptors (Lipinski definition) is 4. The van der Waals surface area contributed by atoms with Gasteiger partial charge in [0.2, 0.25) is 0 Å². The smallest absolute Gasteiger partial charge is 0.0515 e. The second-order valence-electron chi connectivity index (χ2n) is 13.3. The molecule has 3 aromatic carbocycles. The molecular formula is C42H39IrN3S-2. The van der Waals surface area contributed by atoms with Gasteiger partial charge in [0, 0.05) is 37.2 Å². The Kier molecular flexibility index (Phi) is 10.5. The van der Waals surface area contributed by atoms with Crippen LogP contribution in [0.4, 0.5) is 0 Å². The predicted molar refractivity (Wildman–Crippen MR) is 195 cm³/mol. The van der Waals surface area contributed by atoms with Crippen molar-refractivity contribution in [3.63, 3.8) is 0 Å². The maximum atomic E-state index is 4.60. The average Bonchev–Trinajstić information content (AvgIpc) is 3.41. The molecule has 4 aromatic heterocycles. The monoisotopic (exact) mass is 810 g/mol. The summed E-state index contributed by atoms with van der Waals surface area (Å²) in [5.74, 6) is 0. The molecule has 0 bridgehead atoms. The Morgan fingerprint density at radius 3 is 2.17 bits per heavy atom. The molecule has 0 aliphatic carbocycles. The van der Waals surface area contributed by atoms with Crippen LogP contribution in [-0.2, 0) is 26.5 Å². The molecule has 0 spiro atoms. The first-order chi connectivity index (χ1) is 22.0. The maximum Gasteiger partial charge on any atom is 0.0515 e. The number of fused-ring (bicyclic) bond motifs is 3. The maximum absolute atomic E-state index is 4.60. The molecule has 3 nitrogen and oxygen atoms in total. The van der Waals surface area contributed by atoms with Crippen LogP contribution < -0.4 is 0 Å². The molecule has 7 rings (SSSR count). The van der Waals surface area contributed by atoms with Gasteiger partial charge >= 0.3 is 0 Å². The van der Waals surface area contributed by atoms with Gasteiger partial charge in [0.15, 0.2) is 0 Å². The zero-order valence-electron chi connectivity index (χ0n) is 28.0. The van der Waals surface area contributed by atoms with Crippen molar-refractivity contribution >= 4 is 31.5 Å². The summed E-state index contributed by atoms with van der Waals surface area (Å²) < 4.78 is 2.50. The molecule has 0 atom stereocenters. The number of aryl methyl sites for hydroxylation is 4. The second kappa shape index (κ2) is 14.4. The van der Waals surface area contributed by atoms with Gasteiger partial charge in [-0.05, 0) is 88.9 Å². The minimum absolute atomic E-state index is 0. The van der Waals surface area contributed by atoms with Gasteiger partial charge in [-0.3, -0.25) is 4.98 Å². The van der Waals surface area contributed by atoms with Crippen molar-refractivity contribution < 1.29 is 20.1 Å². The quantitative estimate of drug-likeness (QED) is 0.166. The normalized spacial score (nSPS) is 11.2. The van der Waals surface area contributed by atoms with Crippen LogP contribution >= 0.6 is 11.3 Å². The van der Waals surface area contributed by atoms with Crippen molar-refractivity contribution in [2.45, 2.75) is 54.9 Å². The van der Waals surface area contributed by atoms with E-state index in [1.807, 2.05) is 31.5 Å². The molecule has 0 saturated carbocycles. The van der Waals surface area contributed by atoms with Crippen molar-refractivity contribution in [2.75, 3.05) is 0 Å². The minimum Gasteiger partial charge on any atom is -0.317 e. The fourth-order valence-electron chi connectivity index (χ4n) is 5.59. The Labute approximate surface area is 296 Å². The van der Waals surface area contributed by atoms with Gasteiger partial charge in [-0.1, -0.05) is 93.4 Å². The Morgan fingerprint density at radius 1 is 0.702 bits per heavy atom. The Bertz CT molecular complexity index is 2160. The third-order valence-corrected chi connectivity index (χ3v) is 9.27. The van der Waals surface area contributed by atoms with E-state index in [2.05, 4.69) is 141 Å². The zero-order chi connectivity index (χ0) is 32.4. The molecule has 7 aromatic rings. The molecule has 239 valence electrons. The van der Waals surface area contributed by atoms with Crippen LogP contribution in [0.3, 0.4) is 0 Å². The van der Waals surface area contributed by atoms with Gasteiger partial charge in [0.05, 0.1) is 4.70 Å². The largest absolute Gasteiger partial charge is 0.317 e. The van der Waals surface area contributed by atoms with E-state index >= 15 is 0 Å². The van der Waals surface area contributed by atoms with Gasteiger partial charge in [-0.2, -0.15) is 12.1 Å². The number of aromatic nitrogens is 3. The summed E-state index contributed by atoms with van der Waals surface area (Å²) in [4.78, 5) is 13.6. The van der Waals surface area contributed by atoms with Crippen LogP contribution in [0.5, 0.6) is 0 Å². The molecule has 4 heterocycles. The van der Waals surface area contributed by atoms with E-state index in [0.29, 0.717) is 5.41 Å². The van der Waals surface area contributed by atoms with E-state index in [0.717, 1.165) is 34.8 Å². The first kappa shape index (κ1) is 34.3. The molecule has 0 N–H and O–H groups in total. The fraction of sp³-hybridized carbons (Fsp3) is 0.214. The Morgan fingerprint density at radius 2 is 1.45 bits per heavy atom. The third kappa shape index (κ3) is 8.11. The average molecular weight is 810 g/mol. The summed E-state index contributed by atoms with van der Waals surface area (Å²) in [5.41, 5.74) is 12.6. The van der Waals surface area contributed by atoms with Crippen LogP contribution in [0.25, 0.3) is 53.9 Å². The summed E-state index contributed by atoms with van der Waals surface area (Å²) in [6.45, 7) is 15.2. The molecule has 0 unspecified atom stereocenters. The van der Waals surface area contributed by atoms with Crippen LogP contribution in [0.15, 0.2) is 97.3 Å². The summed E-state index contributed by atoms with van der Waals surface area (Å²) >= 11 is 1.78. The number of nitrogens with zero attached hydrogens (tertiary/aromatic N) is 3. The SMILES string of the molecule is Cc1cc[c-]c(-c2cc3c(cn2)sc2ccccc23)n1.Cc1cnc(-c2[c-]cc(C)c(-c3ccc(CC(C)(C)C)cc3)c2)cc1C.[Ir]. The van der Waals surface area contributed by atoms with Crippen LogP contribution in [0, 0.1) is 45.2 Å². The molecule has 0 aliphatic rings. The third-order valence-electron chi connectivity index (χ3n) is 8.15. The van der Waals surface area contributed by atoms with E-state index < -0.39 is 0 Å². The van der Waals surface area contributed by atoms with Crippen molar-refractivity contribution in [2.24, 2.45) is 5.41 Å². The standard InChI is InChI=1S/C25H28N.C17H11N2S.Ir/c1-17-7-10-22(24-13-18(2)19(3)16-26-24)14-23(17)21-11-8-20(9-12-21)15-25(4,5)6;1-11-5-4-7-14(19-11)15-9-13-12-6-2-3-8-16(12)20-17(13)10-18-15;/h7-9,11-14,16H,15H2,1-6H3;2-6,8-10H,1H3;/q2*-1;. The van der Waals surface area contributed by atoms with E-state index in [1.165, 1.54) is 53.6 Å². The van der Waals surface area contributed by atoms with Crippen molar-refractivity contribution in [1.29, 1.82) is 0 Å². The van der Waals surface area contributed by atoms with Crippen LogP contribution in [0.1, 0.15) is 48.7 Å². The van der Waals surface area contributed by atoms with Crippen molar-refractivity contribution in [3.8, 4) is 33.8 Å². The van der Waals surface area contributed by atoms with E-state index in [1.54, 1.807) is 11.3 Å². The van der Waals surface area contributed by atoms with Gasteiger partial charge in [-0.15, -0.1) is 46.7 Å². The van der Waals surface area contributed by atoms with E-state index in [9.17, 15) is 0 Å². The van der Waals surface area contributed by atoms with Gasteiger partial charge in [0.25, 0.3) is 0 Å². The summed E-state index contributed by atoms with van der Waals surface area (Å²) in [5, 5.41) is 2.52. The van der Waals surface area contributed by atoms with Gasteiger partial charge in [0.1, 0.15) is 0 Å². The van der Waals surface area contributed by atoms with E-state index in [-0.39, 0.29) is 20.1 Å². The summed E-state index contributed by atoms with van der Waals surface area (Å²) in [6, 6.07) is 36.4. The predicted octanol–water partition coefficient (Wildman–Crippen LogP) is 11.3. The molecular weight excluding hydrogens is 771 g/mol. The van der Waals surface area contributed by atoms with E-state index in [4.69, 9.17) is 0 Å². The Hall–Kier alpha value is -4.02. The van der Waals surface area contributed by atoms with Gasteiger partial charge in [-0.25, -0.2) is 0 Å². The molecule has 0 amide bonds. The summed E-state index contributed by atoms with van der Waals surface area (Å²) in [7, 11) is 0. The molecule has 0 saturated heterocycles. The van der Waals surface area contributed by atoms with Crippen molar-refractivity contribution in [1.82, 2.24) is 15.0 Å². The fourth-order valence-corrected chi connectivity index (χ4v) is 6.64. The van der Waals surface area contributed by atoms with Crippen LogP contribution in [0.2, 0.25) is 0 Å². The van der Waals surface area contributed by atoms with Crippen LogP contribution in [-0.4, -0.2) is 15.0 Å². The number of thiophene rings is 1. The summed E-state index contributed by atoms with van der Waals surface area (Å²) in [6.07, 6.45) is 4.97. The molecule has 0 aliphatic heterocycles. The number of rotatable bonds is 4. The van der Waals surface area contributed by atoms with Gasteiger partial charge < -0.3 is 9.97 Å². The Balaban J connectivity index is 0.000000186. The number of hydrogen-bond donors (Lipinski definition) is 0. The zero-order valence-corrected chi connectivity index (χ0v) is 31.2. The van der Waals surface area contributed by atoms with Crippen molar-refractivity contribution in [3.05, 3.63) is 137 Å². The topological polar surface area (TPSA) is 38.7 Å².